The topological polar surface area (TPSA) is 87.1 Å². The molecule has 0 aromatic heterocycles. The van der Waals surface area contributed by atoms with Gasteiger partial charge in [0.25, 0.3) is 17.7 Å². The minimum absolute atomic E-state index is 0.0829. The van der Waals surface area contributed by atoms with Crippen molar-refractivity contribution < 1.29 is 19.2 Å². The van der Waals surface area contributed by atoms with Crippen LogP contribution in [0.5, 0.6) is 0 Å². The SMILES string of the molecule is O=C1c2ccccc2C(=O)N1CC(=O)N1C(=O)CSC1=Nc1ccccc1. The summed E-state index contributed by atoms with van der Waals surface area (Å²) < 4.78 is 0. The first-order valence-electron chi connectivity index (χ1n) is 8.14. The van der Waals surface area contributed by atoms with Crippen LogP contribution in [0.2, 0.25) is 0 Å². The van der Waals surface area contributed by atoms with Crippen LogP contribution in [0, 0.1) is 0 Å². The Morgan fingerprint density at radius 2 is 1.52 bits per heavy atom. The van der Waals surface area contributed by atoms with Crippen molar-refractivity contribution in [2.45, 2.75) is 0 Å². The molecule has 2 heterocycles. The summed E-state index contributed by atoms with van der Waals surface area (Å²) >= 11 is 1.15. The fraction of sp³-hybridized carbons (Fsp3) is 0.105. The first-order chi connectivity index (χ1) is 13.1. The van der Waals surface area contributed by atoms with Crippen molar-refractivity contribution >= 4 is 46.2 Å². The van der Waals surface area contributed by atoms with Crippen LogP contribution in [0.15, 0.2) is 59.6 Å². The highest BCUT2D eigenvalue weighted by atomic mass is 32.2. The van der Waals surface area contributed by atoms with E-state index in [1.54, 1.807) is 48.5 Å². The Bertz CT molecular complexity index is 968. The smallest absolute Gasteiger partial charge is 0.262 e. The maximum absolute atomic E-state index is 12.7. The zero-order chi connectivity index (χ0) is 19.0. The molecule has 0 bridgehead atoms. The fourth-order valence-corrected chi connectivity index (χ4v) is 3.78. The van der Waals surface area contributed by atoms with Crippen molar-refractivity contribution in [2.24, 2.45) is 4.99 Å². The van der Waals surface area contributed by atoms with Gasteiger partial charge >= 0.3 is 0 Å². The first-order valence-corrected chi connectivity index (χ1v) is 9.12. The number of thioether (sulfide) groups is 1. The molecule has 0 spiro atoms. The van der Waals surface area contributed by atoms with E-state index in [4.69, 9.17) is 0 Å². The second-order valence-electron chi connectivity index (χ2n) is 5.88. The van der Waals surface area contributed by atoms with E-state index in [0.717, 1.165) is 21.6 Å². The zero-order valence-electron chi connectivity index (χ0n) is 14.0. The Hall–Kier alpha value is -3.26. The number of hydrogen-bond donors (Lipinski definition) is 0. The Balaban J connectivity index is 1.57. The second kappa shape index (κ2) is 6.81. The zero-order valence-corrected chi connectivity index (χ0v) is 14.8. The molecule has 8 heteroatoms. The quantitative estimate of drug-likeness (QED) is 0.762. The molecule has 27 heavy (non-hydrogen) atoms. The third kappa shape index (κ3) is 3.04. The number of imide groups is 2. The molecule has 2 aromatic carbocycles. The Morgan fingerprint density at radius 1 is 0.926 bits per heavy atom. The summed E-state index contributed by atoms with van der Waals surface area (Å²) in [6.07, 6.45) is 0. The van der Waals surface area contributed by atoms with Crippen molar-refractivity contribution in [1.29, 1.82) is 0 Å². The molecule has 0 unspecified atom stereocenters. The van der Waals surface area contributed by atoms with Crippen molar-refractivity contribution in [2.75, 3.05) is 12.3 Å². The first kappa shape index (κ1) is 17.2. The molecule has 0 saturated carbocycles. The monoisotopic (exact) mass is 379 g/mol. The van der Waals surface area contributed by atoms with Gasteiger partial charge in [0.1, 0.15) is 6.54 Å². The number of para-hydroxylation sites is 1. The molecule has 2 aromatic rings. The van der Waals surface area contributed by atoms with Gasteiger partial charge < -0.3 is 0 Å². The molecule has 1 fully saturated rings. The van der Waals surface area contributed by atoms with Crippen LogP contribution in [0.4, 0.5) is 5.69 Å². The Labute approximate surface area is 158 Å². The molecule has 4 rings (SSSR count). The molecule has 2 aliphatic heterocycles. The lowest BCUT2D eigenvalue weighted by atomic mass is 10.1. The molecule has 0 atom stereocenters. The standard InChI is InChI=1S/C19H13N3O4S/c23-15(10-21-17(25)13-8-4-5-9-14(13)18(21)26)22-16(24)11-27-19(22)20-12-6-2-1-3-7-12/h1-9H,10-11H2. The normalized spacial score (nSPS) is 17.8. The van der Waals surface area contributed by atoms with E-state index >= 15 is 0 Å². The number of hydrogen-bond acceptors (Lipinski definition) is 6. The lowest BCUT2D eigenvalue weighted by Gasteiger charge is -2.18. The van der Waals surface area contributed by atoms with Gasteiger partial charge in [0.15, 0.2) is 5.17 Å². The van der Waals surface area contributed by atoms with Gasteiger partial charge in [-0.2, -0.15) is 0 Å². The summed E-state index contributed by atoms with van der Waals surface area (Å²) in [7, 11) is 0. The average molecular weight is 379 g/mol. The Morgan fingerprint density at radius 3 is 2.15 bits per heavy atom. The third-order valence-corrected chi connectivity index (χ3v) is 5.09. The summed E-state index contributed by atoms with van der Waals surface area (Å²) in [5.74, 6) is -2.07. The molecule has 0 N–H and O–H groups in total. The summed E-state index contributed by atoms with van der Waals surface area (Å²) in [5.41, 5.74) is 1.12. The predicted molar refractivity (Wildman–Crippen MR) is 99.7 cm³/mol. The molecule has 4 amide bonds. The van der Waals surface area contributed by atoms with E-state index in [1.165, 1.54) is 0 Å². The molecule has 1 saturated heterocycles. The van der Waals surface area contributed by atoms with E-state index < -0.39 is 30.2 Å². The minimum Gasteiger partial charge on any atom is -0.273 e. The molecule has 2 aliphatic rings. The van der Waals surface area contributed by atoms with E-state index in [2.05, 4.69) is 4.99 Å². The number of benzene rings is 2. The summed E-state index contributed by atoms with van der Waals surface area (Å²) in [4.78, 5) is 55.9. The van der Waals surface area contributed by atoms with Gasteiger partial charge in [-0.1, -0.05) is 42.1 Å². The maximum Gasteiger partial charge on any atom is 0.262 e. The highest BCUT2D eigenvalue weighted by Gasteiger charge is 2.40. The Kier molecular flexibility index (Phi) is 4.33. The highest BCUT2D eigenvalue weighted by molar-refractivity contribution is 8.15. The highest BCUT2D eigenvalue weighted by Crippen LogP contribution is 2.26. The average Bonchev–Trinajstić information content (AvgIpc) is 3.16. The van der Waals surface area contributed by atoms with Crippen LogP contribution in [0.25, 0.3) is 0 Å². The molecule has 134 valence electrons. The minimum atomic E-state index is -0.658. The van der Waals surface area contributed by atoms with Crippen molar-refractivity contribution in [1.82, 2.24) is 9.80 Å². The number of amides is 4. The van der Waals surface area contributed by atoms with Crippen molar-refractivity contribution in [3.63, 3.8) is 0 Å². The summed E-state index contributed by atoms with van der Waals surface area (Å²) in [5, 5.41) is 0.243. The van der Waals surface area contributed by atoms with E-state index in [9.17, 15) is 19.2 Å². The number of aliphatic imine (C=N–C) groups is 1. The lowest BCUT2D eigenvalue weighted by molar-refractivity contribution is -0.137. The van der Waals surface area contributed by atoms with E-state index in [1.807, 2.05) is 6.07 Å². The van der Waals surface area contributed by atoms with Crippen molar-refractivity contribution in [3.8, 4) is 0 Å². The maximum atomic E-state index is 12.7. The van der Waals surface area contributed by atoms with Gasteiger partial charge in [-0.15, -0.1) is 0 Å². The number of amidine groups is 1. The summed E-state index contributed by atoms with van der Waals surface area (Å²) in [6.45, 7) is -0.507. The summed E-state index contributed by atoms with van der Waals surface area (Å²) in [6, 6.07) is 15.3. The van der Waals surface area contributed by atoms with Gasteiger partial charge in [-0.05, 0) is 24.3 Å². The molecule has 0 aliphatic carbocycles. The fourth-order valence-electron chi connectivity index (χ4n) is 2.89. The van der Waals surface area contributed by atoms with Crippen LogP contribution in [-0.4, -0.2) is 50.9 Å². The van der Waals surface area contributed by atoms with Crippen LogP contribution >= 0.6 is 11.8 Å². The van der Waals surface area contributed by atoms with E-state index in [-0.39, 0.29) is 22.0 Å². The van der Waals surface area contributed by atoms with Crippen LogP contribution in [-0.2, 0) is 9.59 Å². The third-order valence-electron chi connectivity index (χ3n) is 4.17. The van der Waals surface area contributed by atoms with Crippen LogP contribution in [0.1, 0.15) is 20.7 Å². The lowest BCUT2D eigenvalue weighted by Crippen LogP contribution is -2.45. The number of rotatable bonds is 3. The van der Waals surface area contributed by atoms with Crippen molar-refractivity contribution in [3.05, 3.63) is 65.7 Å². The van der Waals surface area contributed by atoms with Crippen LogP contribution < -0.4 is 0 Å². The van der Waals surface area contributed by atoms with Gasteiger partial charge in [0.05, 0.1) is 22.6 Å². The van der Waals surface area contributed by atoms with Gasteiger partial charge in [0.2, 0.25) is 5.91 Å². The molecule has 0 radical (unpaired) electrons. The van der Waals surface area contributed by atoms with Gasteiger partial charge in [0, 0.05) is 0 Å². The molecular weight excluding hydrogens is 366 g/mol. The molecule has 7 nitrogen and oxygen atoms in total. The van der Waals surface area contributed by atoms with Gasteiger partial charge in [-0.3, -0.25) is 24.1 Å². The van der Waals surface area contributed by atoms with E-state index in [0.29, 0.717) is 5.69 Å². The number of nitrogens with zero attached hydrogens (tertiary/aromatic N) is 3. The van der Waals surface area contributed by atoms with Crippen LogP contribution in [0.3, 0.4) is 0 Å². The predicted octanol–water partition coefficient (Wildman–Crippen LogP) is 2.07. The van der Waals surface area contributed by atoms with Gasteiger partial charge in [-0.25, -0.2) is 9.89 Å². The number of carbonyl (C=O) groups is 4. The molecular formula is C19H13N3O4S. The largest absolute Gasteiger partial charge is 0.273 e. The number of carbonyl (C=O) groups excluding carboxylic acids is 4. The second-order valence-corrected chi connectivity index (χ2v) is 6.83. The number of fused-ring (bicyclic) bond motifs is 1.